The van der Waals surface area contributed by atoms with E-state index in [0.29, 0.717) is 0 Å². The lowest BCUT2D eigenvalue weighted by atomic mass is 10.1. The fraction of sp³-hybridized carbons (Fsp3) is 0. The molecule has 1 aromatic rings. The van der Waals surface area contributed by atoms with E-state index in [2.05, 4.69) is 6.58 Å². The molecule has 0 fully saturated rings. The highest BCUT2D eigenvalue weighted by atomic mass is 127. The van der Waals surface area contributed by atoms with Crippen molar-refractivity contribution in [2.45, 2.75) is 0 Å². The maximum atomic E-state index is 12.9. The van der Waals surface area contributed by atoms with E-state index in [9.17, 15) is 9.18 Å². The highest BCUT2D eigenvalue weighted by molar-refractivity contribution is 14.1. The molecular weight excluding hydrogens is 270 g/mol. The molecule has 0 atom stereocenters. The number of rotatable bonds is 2. The highest BCUT2D eigenvalue weighted by Gasteiger charge is 2.07. The van der Waals surface area contributed by atoms with Gasteiger partial charge in [0, 0.05) is 3.57 Å². The highest BCUT2D eigenvalue weighted by Crippen LogP contribution is 2.13. The molecule has 0 saturated carbocycles. The first-order chi connectivity index (χ1) is 5.65. The van der Waals surface area contributed by atoms with Crippen LogP contribution in [0.5, 0.6) is 0 Å². The lowest BCUT2D eigenvalue weighted by molar-refractivity contribution is 0.104. The van der Waals surface area contributed by atoms with Crippen LogP contribution in [-0.4, -0.2) is 5.78 Å². The summed E-state index contributed by atoms with van der Waals surface area (Å²) in [6, 6.07) is 4.38. The van der Waals surface area contributed by atoms with Crippen molar-refractivity contribution in [1.29, 1.82) is 0 Å². The van der Waals surface area contributed by atoms with E-state index >= 15 is 0 Å². The second-order valence-corrected chi connectivity index (χ2v) is 3.44. The summed E-state index contributed by atoms with van der Waals surface area (Å²) < 4.78 is 13.8. The summed E-state index contributed by atoms with van der Waals surface area (Å²) in [6.07, 6.45) is 1.11. The summed E-state index contributed by atoms with van der Waals surface area (Å²) in [5.41, 5.74) is 0.0805. The van der Waals surface area contributed by atoms with Crippen LogP contribution in [0.15, 0.2) is 30.9 Å². The lowest BCUT2D eigenvalue weighted by Gasteiger charge is -1.98. The first kappa shape index (κ1) is 9.38. The third kappa shape index (κ3) is 1.91. The third-order valence-corrected chi connectivity index (χ3v) is 2.05. The van der Waals surface area contributed by atoms with Gasteiger partial charge in [0.2, 0.25) is 0 Å². The van der Waals surface area contributed by atoms with E-state index < -0.39 is 5.82 Å². The number of halogens is 2. The molecule has 0 aliphatic carbocycles. The first-order valence-electron chi connectivity index (χ1n) is 3.27. The molecule has 1 aromatic carbocycles. The maximum Gasteiger partial charge on any atom is 0.188 e. The summed E-state index contributed by atoms with van der Waals surface area (Å²) in [5, 5.41) is 0. The van der Waals surface area contributed by atoms with E-state index in [1.54, 1.807) is 6.07 Å². The lowest BCUT2D eigenvalue weighted by Crippen LogP contribution is -1.98. The van der Waals surface area contributed by atoms with Crippen molar-refractivity contribution in [3.63, 3.8) is 0 Å². The number of hydrogen-bond acceptors (Lipinski definition) is 1. The van der Waals surface area contributed by atoms with Crippen molar-refractivity contribution in [2.75, 3.05) is 0 Å². The minimum absolute atomic E-state index is 0.0805. The molecule has 12 heavy (non-hydrogen) atoms. The summed E-state index contributed by atoms with van der Waals surface area (Å²) in [6.45, 7) is 3.29. The molecule has 1 nitrogen and oxygen atoms in total. The van der Waals surface area contributed by atoms with Gasteiger partial charge in [0.1, 0.15) is 5.82 Å². The van der Waals surface area contributed by atoms with Gasteiger partial charge in [-0.1, -0.05) is 6.58 Å². The van der Waals surface area contributed by atoms with Crippen LogP contribution in [0.25, 0.3) is 0 Å². The molecule has 0 heterocycles. The average Bonchev–Trinajstić information content (AvgIpc) is 2.08. The van der Waals surface area contributed by atoms with Crippen molar-refractivity contribution in [3.8, 4) is 0 Å². The number of carbonyl (C=O) groups excluding carboxylic acids is 1. The van der Waals surface area contributed by atoms with Crippen LogP contribution < -0.4 is 0 Å². The van der Waals surface area contributed by atoms with Gasteiger partial charge in [-0.3, -0.25) is 4.79 Å². The Kier molecular flexibility index (Phi) is 2.97. The molecule has 0 aromatic heterocycles. The minimum atomic E-state index is -0.500. The largest absolute Gasteiger partial charge is 0.289 e. The molecule has 3 heteroatoms. The maximum absolute atomic E-state index is 12.9. The predicted octanol–water partition coefficient (Wildman–Crippen LogP) is 2.80. The van der Waals surface area contributed by atoms with E-state index in [0.717, 1.165) is 9.65 Å². The van der Waals surface area contributed by atoms with Crippen LogP contribution in [0.2, 0.25) is 0 Å². The second-order valence-electron chi connectivity index (χ2n) is 2.19. The minimum Gasteiger partial charge on any atom is -0.289 e. The van der Waals surface area contributed by atoms with Gasteiger partial charge in [-0.15, -0.1) is 0 Å². The van der Waals surface area contributed by atoms with E-state index in [-0.39, 0.29) is 11.3 Å². The van der Waals surface area contributed by atoms with E-state index in [4.69, 9.17) is 0 Å². The fourth-order valence-electron chi connectivity index (χ4n) is 0.796. The summed E-state index contributed by atoms with van der Waals surface area (Å²) in [4.78, 5) is 11.0. The van der Waals surface area contributed by atoms with Gasteiger partial charge in [-0.2, -0.15) is 0 Å². The molecule has 0 amide bonds. The summed E-state index contributed by atoms with van der Waals surface area (Å²) in [7, 11) is 0. The van der Waals surface area contributed by atoms with Gasteiger partial charge in [-0.25, -0.2) is 4.39 Å². The zero-order chi connectivity index (χ0) is 9.14. The Bertz CT molecular complexity index is 333. The smallest absolute Gasteiger partial charge is 0.188 e. The zero-order valence-corrected chi connectivity index (χ0v) is 8.34. The molecule has 0 saturated heterocycles. The average molecular weight is 276 g/mol. The number of ketones is 1. The van der Waals surface area contributed by atoms with Crippen molar-refractivity contribution >= 4 is 28.4 Å². The van der Waals surface area contributed by atoms with Gasteiger partial charge in [0.25, 0.3) is 0 Å². The molecule has 0 aliphatic heterocycles. The Morgan fingerprint density at radius 3 is 2.83 bits per heavy atom. The van der Waals surface area contributed by atoms with E-state index in [1.807, 2.05) is 22.6 Å². The van der Waals surface area contributed by atoms with Gasteiger partial charge in [0.05, 0.1) is 5.56 Å². The molecule has 0 spiro atoms. The number of benzene rings is 1. The number of carbonyl (C=O) groups is 1. The summed E-state index contributed by atoms with van der Waals surface area (Å²) in [5.74, 6) is -0.883. The van der Waals surface area contributed by atoms with Crippen molar-refractivity contribution < 1.29 is 9.18 Å². The fourth-order valence-corrected chi connectivity index (χ4v) is 1.29. The van der Waals surface area contributed by atoms with Gasteiger partial charge in [0.15, 0.2) is 5.78 Å². The zero-order valence-electron chi connectivity index (χ0n) is 6.18. The standard InChI is InChI=1S/C9H6FIO/c1-2-9(12)7-5-6(11)3-4-8(7)10/h2-5H,1H2. The molecular formula is C9H6FIO. The molecule has 1 rings (SSSR count). The normalized spacial score (nSPS) is 9.50. The Morgan fingerprint density at radius 1 is 1.58 bits per heavy atom. The number of allylic oxidation sites excluding steroid dienone is 1. The molecule has 0 N–H and O–H groups in total. The van der Waals surface area contributed by atoms with Gasteiger partial charge in [-0.05, 0) is 46.9 Å². The SMILES string of the molecule is C=CC(=O)c1cc(I)ccc1F. The van der Waals surface area contributed by atoms with E-state index in [1.165, 1.54) is 12.1 Å². The molecule has 0 aliphatic rings. The Labute approximate surface area is 83.4 Å². The van der Waals surface area contributed by atoms with Crippen molar-refractivity contribution in [3.05, 3.63) is 45.8 Å². The van der Waals surface area contributed by atoms with Crippen LogP contribution in [0.3, 0.4) is 0 Å². The molecule has 0 radical (unpaired) electrons. The monoisotopic (exact) mass is 276 g/mol. The Hall–Kier alpha value is -0.710. The molecule has 0 unspecified atom stereocenters. The van der Waals surface area contributed by atoms with Gasteiger partial charge >= 0.3 is 0 Å². The topological polar surface area (TPSA) is 17.1 Å². The second kappa shape index (κ2) is 3.80. The molecule has 62 valence electrons. The summed E-state index contributed by atoms with van der Waals surface area (Å²) >= 11 is 2.02. The van der Waals surface area contributed by atoms with Crippen LogP contribution in [0.4, 0.5) is 4.39 Å². The van der Waals surface area contributed by atoms with Crippen molar-refractivity contribution in [2.24, 2.45) is 0 Å². The molecule has 0 bridgehead atoms. The van der Waals surface area contributed by atoms with Crippen LogP contribution in [0.1, 0.15) is 10.4 Å². The van der Waals surface area contributed by atoms with Crippen LogP contribution in [-0.2, 0) is 0 Å². The van der Waals surface area contributed by atoms with Gasteiger partial charge < -0.3 is 0 Å². The van der Waals surface area contributed by atoms with Crippen LogP contribution in [0, 0.1) is 9.39 Å². The Morgan fingerprint density at radius 2 is 2.25 bits per heavy atom. The van der Waals surface area contributed by atoms with Crippen LogP contribution >= 0.6 is 22.6 Å². The van der Waals surface area contributed by atoms with Crippen molar-refractivity contribution in [1.82, 2.24) is 0 Å². The first-order valence-corrected chi connectivity index (χ1v) is 4.35. The quantitative estimate of drug-likeness (QED) is 0.461. The third-order valence-electron chi connectivity index (χ3n) is 1.38. The Balaban J connectivity index is 3.22. The predicted molar refractivity (Wildman–Crippen MR) is 53.6 cm³/mol. The number of hydrogen-bond donors (Lipinski definition) is 0.